The molecule has 0 bridgehead atoms. The largest absolute Gasteiger partial charge is 0.381 e. The predicted molar refractivity (Wildman–Crippen MR) is 84.2 cm³/mol. The third-order valence-corrected chi connectivity index (χ3v) is 4.16. The molecule has 1 aliphatic heterocycles. The first-order chi connectivity index (χ1) is 10.3. The maximum atomic E-state index is 5.47. The zero-order valence-electron chi connectivity index (χ0n) is 12.5. The molecule has 0 amide bonds. The Bertz CT molecular complexity index is 564. The minimum Gasteiger partial charge on any atom is -0.381 e. The van der Waals surface area contributed by atoms with Crippen LogP contribution in [-0.2, 0) is 4.74 Å². The molecule has 0 radical (unpaired) electrons. The van der Waals surface area contributed by atoms with Gasteiger partial charge in [0.05, 0.1) is 6.04 Å². The Hall–Kier alpha value is -1.71. The van der Waals surface area contributed by atoms with Gasteiger partial charge in [0.2, 0.25) is 0 Å². The van der Waals surface area contributed by atoms with E-state index in [-0.39, 0.29) is 6.04 Å². The van der Waals surface area contributed by atoms with Gasteiger partial charge in [0.15, 0.2) is 0 Å². The van der Waals surface area contributed by atoms with Crippen molar-refractivity contribution < 1.29 is 4.74 Å². The number of nitrogens with zero attached hydrogens (tertiary/aromatic N) is 1. The zero-order valence-corrected chi connectivity index (χ0v) is 12.5. The summed E-state index contributed by atoms with van der Waals surface area (Å²) in [5.41, 5.74) is 3.93. The Kier molecular flexibility index (Phi) is 4.63. The van der Waals surface area contributed by atoms with Crippen molar-refractivity contribution in [2.75, 3.05) is 13.2 Å². The monoisotopic (exact) mass is 282 g/mol. The van der Waals surface area contributed by atoms with Crippen LogP contribution in [0.2, 0.25) is 0 Å². The molecule has 2 aromatic rings. The molecule has 3 heteroatoms. The molecule has 2 heterocycles. The summed E-state index contributed by atoms with van der Waals surface area (Å²) in [6, 6.07) is 13.5. The maximum Gasteiger partial charge on any atom is 0.0582 e. The van der Waals surface area contributed by atoms with Gasteiger partial charge in [-0.15, -0.1) is 0 Å². The van der Waals surface area contributed by atoms with Crippen LogP contribution in [0.15, 0.2) is 48.8 Å². The Balaban J connectivity index is 1.89. The fraction of sp³-hybridized carbons (Fsp3) is 0.389. The van der Waals surface area contributed by atoms with Gasteiger partial charge >= 0.3 is 0 Å². The summed E-state index contributed by atoms with van der Waals surface area (Å²) in [5, 5.41) is 3.82. The van der Waals surface area contributed by atoms with Crippen LogP contribution in [-0.4, -0.2) is 24.2 Å². The molecule has 0 spiro atoms. The van der Waals surface area contributed by atoms with Crippen molar-refractivity contribution in [1.29, 1.82) is 0 Å². The molecule has 1 saturated heterocycles. The standard InChI is InChI=1S/C18H22N2O/c1-14-4-2-3-5-17(14)18(15-6-10-19-11-7-15)20-16-8-12-21-13-9-16/h2-7,10-11,16,18,20H,8-9,12-13H2,1H3/t18-/m0/s1. The van der Waals surface area contributed by atoms with Gasteiger partial charge in [0.25, 0.3) is 0 Å². The first-order valence-corrected chi connectivity index (χ1v) is 7.64. The van der Waals surface area contributed by atoms with Crippen LogP contribution in [0.5, 0.6) is 0 Å². The number of hydrogen-bond donors (Lipinski definition) is 1. The molecule has 110 valence electrons. The van der Waals surface area contributed by atoms with Gasteiger partial charge in [-0.25, -0.2) is 0 Å². The molecule has 0 saturated carbocycles. The highest BCUT2D eigenvalue weighted by molar-refractivity contribution is 5.36. The summed E-state index contributed by atoms with van der Waals surface area (Å²) in [6.07, 6.45) is 5.89. The summed E-state index contributed by atoms with van der Waals surface area (Å²) in [4.78, 5) is 4.14. The lowest BCUT2D eigenvalue weighted by molar-refractivity contribution is 0.0760. The average Bonchev–Trinajstić information content (AvgIpc) is 2.55. The third-order valence-electron chi connectivity index (χ3n) is 4.16. The number of benzene rings is 1. The molecule has 1 fully saturated rings. The molecular formula is C18H22N2O. The van der Waals surface area contributed by atoms with E-state index in [9.17, 15) is 0 Å². The summed E-state index contributed by atoms with van der Waals surface area (Å²) in [5.74, 6) is 0. The van der Waals surface area contributed by atoms with Crippen LogP contribution in [0.3, 0.4) is 0 Å². The molecule has 0 aliphatic carbocycles. The van der Waals surface area contributed by atoms with E-state index in [0.717, 1.165) is 26.1 Å². The van der Waals surface area contributed by atoms with E-state index < -0.39 is 0 Å². The smallest absolute Gasteiger partial charge is 0.0582 e. The first kappa shape index (κ1) is 14.2. The van der Waals surface area contributed by atoms with Crippen molar-refractivity contribution in [3.05, 3.63) is 65.5 Å². The molecule has 21 heavy (non-hydrogen) atoms. The molecule has 1 atom stereocenters. The van der Waals surface area contributed by atoms with Crippen molar-refractivity contribution >= 4 is 0 Å². The number of ether oxygens (including phenoxy) is 1. The lowest BCUT2D eigenvalue weighted by Gasteiger charge is -2.30. The van der Waals surface area contributed by atoms with Crippen LogP contribution in [0.4, 0.5) is 0 Å². The topological polar surface area (TPSA) is 34.1 Å². The van der Waals surface area contributed by atoms with Crippen molar-refractivity contribution in [2.45, 2.75) is 31.8 Å². The van der Waals surface area contributed by atoms with Crippen LogP contribution < -0.4 is 5.32 Å². The third kappa shape index (κ3) is 3.49. The van der Waals surface area contributed by atoms with Crippen molar-refractivity contribution in [1.82, 2.24) is 10.3 Å². The van der Waals surface area contributed by atoms with E-state index in [2.05, 4.69) is 53.6 Å². The van der Waals surface area contributed by atoms with E-state index in [1.165, 1.54) is 16.7 Å². The predicted octanol–water partition coefficient (Wildman–Crippen LogP) is 3.25. The highest BCUT2D eigenvalue weighted by atomic mass is 16.5. The first-order valence-electron chi connectivity index (χ1n) is 7.64. The number of aromatic nitrogens is 1. The Morgan fingerprint density at radius 2 is 1.81 bits per heavy atom. The minimum atomic E-state index is 0.220. The number of hydrogen-bond acceptors (Lipinski definition) is 3. The Labute approximate surface area is 126 Å². The molecule has 1 aromatic carbocycles. The fourth-order valence-corrected chi connectivity index (χ4v) is 2.93. The summed E-state index contributed by atoms with van der Waals surface area (Å²) in [6.45, 7) is 3.89. The van der Waals surface area contributed by atoms with E-state index >= 15 is 0 Å². The second-order valence-corrected chi connectivity index (χ2v) is 5.62. The van der Waals surface area contributed by atoms with E-state index in [1.807, 2.05) is 12.4 Å². The summed E-state index contributed by atoms with van der Waals surface area (Å²) >= 11 is 0. The highest BCUT2D eigenvalue weighted by Gasteiger charge is 2.21. The minimum absolute atomic E-state index is 0.220. The molecule has 1 aromatic heterocycles. The summed E-state index contributed by atoms with van der Waals surface area (Å²) < 4.78 is 5.47. The van der Waals surface area contributed by atoms with Gasteiger partial charge < -0.3 is 10.1 Å². The lowest BCUT2D eigenvalue weighted by Crippen LogP contribution is -2.38. The molecular weight excluding hydrogens is 260 g/mol. The average molecular weight is 282 g/mol. The van der Waals surface area contributed by atoms with Crippen LogP contribution in [0, 0.1) is 6.92 Å². The zero-order chi connectivity index (χ0) is 14.5. The summed E-state index contributed by atoms with van der Waals surface area (Å²) in [7, 11) is 0. The molecule has 1 aliphatic rings. The van der Waals surface area contributed by atoms with Crippen molar-refractivity contribution in [3.8, 4) is 0 Å². The normalized spacial score (nSPS) is 17.6. The van der Waals surface area contributed by atoms with Crippen molar-refractivity contribution in [3.63, 3.8) is 0 Å². The number of aryl methyl sites for hydroxylation is 1. The second kappa shape index (κ2) is 6.83. The maximum absolute atomic E-state index is 5.47. The van der Waals surface area contributed by atoms with Gasteiger partial charge in [-0.2, -0.15) is 0 Å². The Morgan fingerprint density at radius 3 is 2.52 bits per heavy atom. The van der Waals surface area contributed by atoms with Gasteiger partial charge in [-0.1, -0.05) is 24.3 Å². The van der Waals surface area contributed by atoms with Gasteiger partial charge in [0, 0.05) is 31.6 Å². The van der Waals surface area contributed by atoms with Crippen molar-refractivity contribution in [2.24, 2.45) is 0 Å². The molecule has 1 N–H and O–H groups in total. The van der Waals surface area contributed by atoms with Gasteiger partial charge in [0.1, 0.15) is 0 Å². The molecule has 0 unspecified atom stereocenters. The van der Waals surface area contributed by atoms with Gasteiger partial charge in [-0.3, -0.25) is 4.98 Å². The number of pyridine rings is 1. The quantitative estimate of drug-likeness (QED) is 0.934. The van der Waals surface area contributed by atoms with Gasteiger partial charge in [-0.05, 0) is 48.6 Å². The van der Waals surface area contributed by atoms with Crippen LogP contribution in [0.1, 0.15) is 35.6 Å². The highest BCUT2D eigenvalue weighted by Crippen LogP contribution is 2.26. The number of nitrogens with one attached hydrogen (secondary N) is 1. The molecule has 3 rings (SSSR count). The fourth-order valence-electron chi connectivity index (χ4n) is 2.93. The van der Waals surface area contributed by atoms with Crippen LogP contribution in [0.25, 0.3) is 0 Å². The molecule has 3 nitrogen and oxygen atoms in total. The van der Waals surface area contributed by atoms with Crippen LogP contribution >= 0.6 is 0 Å². The second-order valence-electron chi connectivity index (χ2n) is 5.62. The SMILES string of the molecule is Cc1ccccc1[C@@H](NC1CCOCC1)c1ccncc1. The van der Waals surface area contributed by atoms with E-state index in [0.29, 0.717) is 6.04 Å². The van der Waals surface area contributed by atoms with E-state index in [1.54, 1.807) is 0 Å². The number of rotatable bonds is 4. The Morgan fingerprint density at radius 1 is 1.10 bits per heavy atom. The van der Waals surface area contributed by atoms with E-state index in [4.69, 9.17) is 4.74 Å². The lowest BCUT2D eigenvalue weighted by atomic mass is 9.94.